The first-order chi connectivity index (χ1) is 8.75. The first-order valence-electron chi connectivity index (χ1n) is 5.73. The van der Waals surface area contributed by atoms with Crippen LogP contribution >= 0.6 is 0 Å². The zero-order valence-corrected chi connectivity index (χ0v) is 10.0. The largest absolute Gasteiger partial charge is 0.369 e. The predicted octanol–water partition coefficient (Wildman–Crippen LogP) is 1.72. The summed E-state index contributed by atoms with van der Waals surface area (Å²) in [6.07, 6.45) is 1.54. The molecule has 0 unspecified atom stereocenters. The minimum atomic E-state index is 0.462. The van der Waals surface area contributed by atoms with Crippen LogP contribution in [0.5, 0.6) is 0 Å². The molecule has 0 saturated heterocycles. The van der Waals surface area contributed by atoms with E-state index in [1.807, 2.05) is 29.7 Å². The van der Waals surface area contributed by atoms with Crippen molar-refractivity contribution < 1.29 is 0 Å². The second-order valence-corrected chi connectivity index (χ2v) is 4.17. The van der Waals surface area contributed by atoms with Crippen molar-refractivity contribution in [2.45, 2.75) is 13.5 Å². The van der Waals surface area contributed by atoms with Crippen LogP contribution in [0.1, 0.15) is 11.3 Å². The van der Waals surface area contributed by atoms with Crippen LogP contribution in [0, 0.1) is 6.92 Å². The molecule has 0 aromatic heterocycles. The van der Waals surface area contributed by atoms with Gasteiger partial charge in [-0.25, -0.2) is 15.0 Å². The minimum absolute atomic E-state index is 0.462. The Morgan fingerprint density at radius 2 is 1.94 bits per heavy atom. The minimum Gasteiger partial charge on any atom is -0.369 e. The highest BCUT2D eigenvalue weighted by atomic mass is 15.2. The number of imidazole rings is 1. The Bertz CT molecular complexity index is 644. The van der Waals surface area contributed by atoms with Gasteiger partial charge < -0.3 is 5.73 Å². The summed E-state index contributed by atoms with van der Waals surface area (Å²) >= 11 is 0. The fraction of sp³-hybridized carbons (Fsp3) is 0.154. The number of aromatic nitrogens is 4. The summed E-state index contributed by atoms with van der Waals surface area (Å²) in [5, 5.41) is 0. The molecule has 0 spiro atoms. The lowest BCUT2D eigenvalue weighted by molar-refractivity contribution is 0.770. The zero-order valence-electron chi connectivity index (χ0n) is 10.0. The van der Waals surface area contributed by atoms with Crippen LogP contribution < -0.4 is 5.73 Å². The van der Waals surface area contributed by atoms with E-state index < -0.39 is 0 Å². The molecule has 1 aromatic rings. The Morgan fingerprint density at radius 1 is 1.17 bits per heavy atom. The highest BCUT2D eigenvalue weighted by Crippen LogP contribution is 2.23. The summed E-state index contributed by atoms with van der Waals surface area (Å²) in [7, 11) is 0. The average molecular weight is 239 g/mol. The molecule has 0 bridgehead atoms. The van der Waals surface area contributed by atoms with Crippen molar-refractivity contribution in [3.05, 3.63) is 47.9 Å². The van der Waals surface area contributed by atoms with E-state index >= 15 is 0 Å². The molecule has 0 atom stereocenters. The van der Waals surface area contributed by atoms with Gasteiger partial charge >= 0.3 is 0 Å². The molecule has 5 heteroatoms. The number of rotatable bonds is 2. The fourth-order valence-corrected chi connectivity index (χ4v) is 2.03. The summed E-state index contributed by atoms with van der Waals surface area (Å²) in [6.45, 7) is 2.54. The molecule has 0 radical (unpaired) electrons. The molecule has 0 amide bonds. The molecule has 2 aliphatic rings. The first kappa shape index (κ1) is 10.7. The van der Waals surface area contributed by atoms with Gasteiger partial charge in [-0.3, -0.25) is 4.57 Å². The summed E-state index contributed by atoms with van der Waals surface area (Å²) in [4.78, 5) is 12.8. The molecule has 90 valence electrons. The molecule has 18 heavy (non-hydrogen) atoms. The van der Waals surface area contributed by atoms with Crippen molar-refractivity contribution in [3.8, 4) is 11.5 Å². The maximum Gasteiger partial charge on any atom is 0.202 e. The second kappa shape index (κ2) is 4.10. The normalized spacial score (nSPS) is 10.9. The van der Waals surface area contributed by atoms with Gasteiger partial charge in [-0.2, -0.15) is 0 Å². The summed E-state index contributed by atoms with van der Waals surface area (Å²) in [5.74, 6) is 1.24. The molecule has 0 aliphatic carbocycles. The molecule has 0 saturated carbocycles. The monoisotopic (exact) mass is 239 g/mol. The quantitative estimate of drug-likeness (QED) is 0.739. The van der Waals surface area contributed by atoms with Crippen LogP contribution in [0.25, 0.3) is 11.5 Å². The average Bonchev–Trinajstić information content (AvgIpc) is 2.85. The number of aryl methyl sites for hydroxylation is 1. The molecule has 1 aromatic carbocycles. The summed E-state index contributed by atoms with van der Waals surface area (Å²) < 4.78 is 1.88. The van der Waals surface area contributed by atoms with E-state index in [0.717, 1.165) is 22.8 Å². The van der Waals surface area contributed by atoms with Gasteiger partial charge in [0.2, 0.25) is 5.95 Å². The molecular formula is C13H13N5. The van der Waals surface area contributed by atoms with Gasteiger partial charge in [-0.15, -0.1) is 0 Å². The predicted molar refractivity (Wildman–Crippen MR) is 69.1 cm³/mol. The standard InChI is InChI=1S/C13H13N5/c1-9-11-12(16-8-15-11)18(13(14)17-9)7-10-5-3-2-4-6-10/h2-6,8H,7H2,1H3,(H2,14,17). The smallest absolute Gasteiger partial charge is 0.202 e. The molecule has 2 N–H and O–H groups in total. The first-order valence-corrected chi connectivity index (χ1v) is 5.73. The molecule has 0 fully saturated rings. The van der Waals surface area contributed by atoms with Gasteiger partial charge in [-0.1, -0.05) is 30.3 Å². The van der Waals surface area contributed by atoms with Crippen LogP contribution in [0.15, 0.2) is 36.7 Å². The molecule has 3 rings (SSSR count). The fourth-order valence-electron chi connectivity index (χ4n) is 2.03. The van der Waals surface area contributed by atoms with Crippen molar-refractivity contribution in [1.82, 2.24) is 19.5 Å². The van der Waals surface area contributed by atoms with Crippen molar-refractivity contribution in [1.29, 1.82) is 0 Å². The number of nitrogen functional groups attached to an aromatic ring is 1. The Labute approximate surface area is 105 Å². The SMILES string of the molecule is Cc1nc(N)n(Cc2ccccc2)c2ncnc1-2. The van der Waals surface area contributed by atoms with Crippen molar-refractivity contribution in [2.75, 3.05) is 5.73 Å². The molecule has 5 nitrogen and oxygen atoms in total. The van der Waals surface area contributed by atoms with Gasteiger partial charge in [-0.05, 0) is 12.5 Å². The Morgan fingerprint density at radius 3 is 2.72 bits per heavy atom. The summed E-state index contributed by atoms with van der Waals surface area (Å²) in [6, 6.07) is 10.1. The van der Waals surface area contributed by atoms with Crippen molar-refractivity contribution in [3.63, 3.8) is 0 Å². The highest BCUT2D eigenvalue weighted by Gasteiger charge is 2.17. The number of hydrogen-bond donors (Lipinski definition) is 1. The van der Waals surface area contributed by atoms with E-state index in [0.29, 0.717) is 12.5 Å². The maximum absolute atomic E-state index is 5.98. The third kappa shape index (κ3) is 1.69. The van der Waals surface area contributed by atoms with Gasteiger partial charge in [0.05, 0.1) is 12.2 Å². The lowest BCUT2D eigenvalue weighted by Crippen LogP contribution is -2.14. The van der Waals surface area contributed by atoms with E-state index in [1.54, 1.807) is 6.33 Å². The lowest BCUT2D eigenvalue weighted by atomic mass is 10.2. The third-order valence-corrected chi connectivity index (χ3v) is 2.92. The van der Waals surface area contributed by atoms with Crippen LogP contribution in [0.4, 0.5) is 5.95 Å². The van der Waals surface area contributed by atoms with E-state index in [9.17, 15) is 0 Å². The number of nitrogens with zero attached hydrogens (tertiary/aromatic N) is 4. The number of anilines is 1. The molecule has 2 aliphatic heterocycles. The number of fused-ring (bicyclic) bond motifs is 1. The van der Waals surface area contributed by atoms with E-state index in [4.69, 9.17) is 5.73 Å². The van der Waals surface area contributed by atoms with Gasteiger partial charge in [0.1, 0.15) is 12.0 Å². The van der Waals surface area contributed by atoms with E-state index in [-0.39, 0.29) is 0 Å². The van der Waals surface area contributed by atoms with Gasteiger partial charge in [0, 0.05) is 0 Å². The topological polar surface area (TPSA) is 69.6 Å². The van der Waals surface area contributed by atoms with Crippen LogP contribution in [0.3, 0.4) is 0 Å². The van der Waals surface area contributed by atoms with E-state index in [2.05, 4.69) is 27.1 Å². The van der Waals surface area contributed by atoms with E-state index in [1.165, 1.54) is 0 Å². The van der Waals surface area contributed by atoms with Gasteiger partial charge in [0.25, 0.3) is 0 Å². The third-order valence-electron chi connectivity index (χ3n) is 2.92. The Balaban J connectivity index is 2.10. The molecular weight excluding hydrogens is 226 g/mol. The molecule has 2 heterocycles. The second-order valence-electron chi connectivity index (χ2n) is 4.17. The van der Waals surface area contributed by atoms with Gasteiger partial charge in [0.15, 0.2) is 5.82 Å². The summed E-state index contributed by atoms with van der Waals surface area (Å²) in [5.41, 5.74) is 8.75. The Hall–Kier alpha value is -2.43. The number of nitrogens with two attached hydrogens (primary N) is 1. The van der Waals surface area contributed by atoms with Crippen LogP contribution in [0.2, 0.25) is 0 Å². The number of benzene rings is 1. The highest BCUT2D eigenvalue weighted by molar-refractivity contribution is 5.57. The van der Waals surface area contributed by atoms with Crippen molar-refractivity contribution in [2.24, 2.45) is 0 Å². The Kier molecular flexibility index (Phi) is 2.44. The maximum atomic E-state index is 5.98. The lowest BCUT2D eigenvalue weighted by Gasteiger charge is -2.14. The van der Waals surface area contributed by atoms with Crippen LogP contribution in [-0.2, 0) is 6.54 Å². The van der Waals surface area contributed by atoms with Crippen molar-refractivity contribution >= 4 is 5.95 Å². The zero-order chi connectivity index (χ0) is 12.5. The number of hydrogen-bond acceptors (Lipinski definition) is 4. The van der Waals surface area contributed by atoms with Crippen LogP contribution in [-0.4, -0.2) is 19.5 Å².